The third-order valence-electron chi connectivity index (χ3n) is 3.55. The van der Waals surface area contributed by atoms with E-state index in [0.717, 1.165) is 12.0 Å². The fourth-order valence-electron chi connectivity index (χ4n) is 2.14. The van der Waals surface area contributed by atoms with Gasteiger partial charge in [0, 0.05) is 18.9 Å². The standard InChI is InChI=1S/C19H24N2O2/c1-19(2,3)16-6-8-17(9-7-16)23-14-18(22)21-12-10-15-5-4-11-20-13-15/h4-9,11,13H,10,12,14H2,1-3H3,(H,21,22). The first-order valence-electron chi connectivity index (χ1n) is 7.84. The molecule has 0 aliphatic carbocycles. The average Bonchev–Trinajstić information content (AvgIpc) is 2.53. The van der Waals surface area contributed by atoms with Crippen LogP contribution < -0.4 is 10.1 Å². The highest BCUT2D eigenvalue weighted by Gasteiger charge is 2.13. The summed E-state index contributed by atoms with van der Waals surface area (Å²) in [6.45, 7) is 7.11. The van der Waals surface area contributed by atoms with Crippen molar-refractivity contribution in [3.05, 3.63) is 59.9 Å². The van der Waals surface area contributed by atoms with Crippen molar-refractivity contribution in [1.29, 1.82) is 0 Å². The average molecular weight is 312 g/mol. The third-order valence-corrected chi connectivity index (χ3v) is 3.55. The molecule has 0 bridgehead atoms. The number of ether oxygens (including phenoxy) is 1. The van der Waals surface area contributed by atoms with Crippen molar-refractivity contribution in [2.24, 2.45) is 0 Å². The summed E-state index contributed by atoms with van der Waals surface area (Å²) in [4.78, 5) is 15.8. The van der Waals surface area contributed by atoms with Crippen LogP contribution in [0.25, 0.3) is 0 Å². The maximum Gasteiger partial charge on any atom is 0.257 e. The number of amides is 1. The molecule has 0 aliphatic rings. The van der Waals surface area contributed by atoms with Crippen molar-refractivity contribution in [2.75, 3.05) is 13.2 Å². The minimum Gasteiger partial charge on any atom is -0.484 e. The van der Waals surface area contributed by atoms with Crippen molar-refractivity contribution in [3.8, 4) is 5.75 Å². The van der Waals surface area contributed by atoms with Crippen LogP contribution in [0.5, 0.6) is 5.75 Å². The Bertz CT molecular complexity index is 616. The number of pyridine rings is 1. The Balaban J connectivity index is 1.72. The lowest BCUT2D eigenvalue weighted by Gasteiger charge is -2.19. The van der Waals surface area contributed by atoms with E-state index < -0.39 is 0 Å². The molecule has 1 aromatic heterocycles. The lowest BCUT2D eigenvalue weighted by molar-refractivity contribution is -0.123. The molecule has 4 heteroatoms. The van der Waals surface area contributed by atoms with Crippen LogP contribution in [0.15, 0.2) is 48.8 Å². The molecule has 0 fully saturated rings. The van der Waals surface area contributed by atoms with E-state index in [-0.39, 0.29) is 17.9 Å². The molecule has 2 aromatic rings. The summed E-state index contributed by atoms with van der Waals surface area (Å²) in [6, 6.07) is 11.8. The molecule has 2 rings (SSSR count). The molecule has 1 N–H and O–H groups in total. The number of rotatable bonds is 6. The second-order valence-electron chi connectivity index (χ2n) is 6.52. The van der Waals surface area contributed by atoms with Gasteiger partial charge in [0.1, 0.15) is 5.75 Å². The van der Waals surface area contributed by atoms with Crippen molar-refractivity contribution in [3.63, 3.8) is 0 Å². The van der Waals surface area contributed by atoms with Gasteiger partial charge in [-0.2, -0.15) is 0 Å². The Morgan fingerprint density at radius 3 is 2.52 bits per heavy atom. The highest BCUT2D eigenvalue weighted by Crippen LogP contribution is 2.24. The highest BCUT2D eigenvalue weighted by atomic mass is 16.5. The van der Waals surface area contributed by atoms with E-state index >= 15 is 0 Å². The van der Waals surface area contributed by atoms with Gasteiger partial charge in [0.05, 0.1) is 0 Å². The predicted octanol–water partition coefficient (Wildman–Crippen LogP) is 3.12. The molecular formula is C19H24N2O2. The monoisotopic (exact) mass is 312 g/mol. The fraction of sp³-hybridized carbons (Fsp3) is 0.368. The van der Waals surface area contributed by atoms with E-state index in [9.17, 15) is 4.79 Å². The van der Waals surface area contributed by atoms with Crippen LogP contribution in [0, 0.1) is 0 Å². The zero-order valence-electron chi connectivity index (χ0n) is 14.0. The van der Waals surface area contributed by atoms with Gasteiger partial charge in [-0.1, -0.05) is 39.0 Å². The van der Waals surface area contributed by atoms with Gasteiger partial charge in [0.2, 0.25) is 0 Å². The van der Waals surface area contributed by atoms with Crippen LogP contribution in [-0.4, -0.2) is 24.0 Å². The number of nitrogens with one attached hydrogen (secondary N) is 1. The van der Waals surface area contributed by atoms with Gasteiger partial charge < -0.3 is 10.1 Å². The SMILES string of the molecule is CC(C)(C)c1ccc(OCC(=O)NCCc2cccnc2)cc1. The van der Waals surface area contributed by atoms with Gasteiger partial charge in [-0.05, 0) is 41.2 Å². The minimum atomic E-state index is -0.117. The summed E-state index contributed by atoms with van der Waals surface area (Å²) < 4.78 is 5.51. The Morgan fingerprint density at radius 2 is 1.91 bits per heavy atom. The van der Waals surface area contributed by atoms with Crippen LogP contribution >= 0.6 is 0 Å². The summed E-state index contributed by atoms with van der Waals surface area (Å²) in [5.74, 6) is 0.592. The number of nitrogens with zero attached hydrogens (tertiary/aromatic N) is 1. The summed E-state index contributed by atoms with van der Waals surface area (Å²) >= 11 is 0. The summed E-state index contributed by atoms with van der Waals surface area (Å²) in [6.07, 6.45) is 4.31. The molecule has 0 atom stereocenters. The zero-order valence-corrected chi connectivity index (χ0v) is 14.0. The number of aromatic nitrogens is 1. The molecule has 122 valence electrons. The molecule has 23 heavy (non-hydrogen) atoms. The molecule has 4 nitrogen and oxygen atoms in total. The third kappa shape index (κ3) is 5.74. The summed E-state index contributed by atoms with van der Waals surface area (Å²) in [5.41, 5.74) is 2.46. The van der Waals surface area contributed by atoms with E-state index in [1.54, 1.807) is 12.4 Å². The lowest BCUT2D eigenvalue weighted by Crippen LogP contribution is -2.30. The van der Waals surface area contributed by atoms with E-state index in [4.69, 9.17) is 4.74 Å². The first kappa shape index (κ1) is 17.0. The Kier molecular flexibility index (Phi) is 5.74. The summed E-state index contributed by atoms with van der Waals surface area (Å²) in [7, 11) is 0. The molecule has 0 aliphatic heterocycles. The predicted molar refractivity (Wildman–Crippen MR) is 91.6 cm³/mol. The first-order valence-corrected chi connectivity index (χ1v) is 7.84. The smallest absolute Gasteiger partial charge is 0.257 e. The molecule has 1 amide bonds. The second-order valence-corrected chi connectivity index (χ2v) is 6.52. The van der Waals surface area contributed by atoms with Gasteiger partial charge in [-0.15, -0.1) is 0 Å². The topological polar surface area (TPSA) is 51.2 Å². The maximum absolute atomic E-state index is 11.8. The Morgan fingerprint density at radius 1 is 1.17 bits per heavy atom. The molecule has 1 aromatic carbocycles. The second kappa shape index (κ2) is 7.77. The fourth-order valence-corrected chi connectivity index (χ4v) is 2.14. The largest absolute Gasteiger partial charge is 0.484 e. The Hall–Kier alpha value is -2.36. The van der Waals surface area contributed by atoms with Gasteiger partial charge in [0.15, 0.2) is 6.61 Å². The van der Waals surface area contributed by atoms with Crippen LogP contribution in [0.3, 0.4) is 0 Å². The zero-order chi connectivity index (χ0) is 16.7. The molecule has 0 radical (unpaired) electrons. The molecule has 0 saturated carbocycles. The van der Waals surface area contributed by atoms with Crippen LogP contribution in [0.4, 0.5) is 0 Å². The number of hydrogen-bond donors (Lipinski definition) is 1. The van der Waals surface area contributed by atoms with Crippen molar-refractivity contribution >= 4 is 5.91 Å². The van der Waals surface area contributed by atoms with E-state index in [2.05, 4.69) is 31.1 Å². The summed E-state index contributed by atoms with van der Waals surface area (Å²) in [5, 5.41) is 2.85. The van der Waals surface area contributed by atoms with Crippen LogP contribution in [0.2, 0.25) is 0 Å². The van der Waals surface area contributed by atoms with Crippen LogP contribution in [0.1, 0.15) is 31.9 Å². The van der Waals surface area contributed by atoms with Crippen molar-refractivity contribution < 1.29 is 9.53 Å². The van der Waals surface area contributed by atoms with Crippen LogP contribution in [-0.2, 0) is 16.6 Å². The normalized spacial score (nSPS) is 11.1. The van der Waals surface area contributed by atoms with Gasteiger partial charge >= 0.3 is 0 Å². The molecule has 0 unspecified atom stereocenters. The minimum absolute atomic E-state index is 0.0297. The van der Waals surface area contributed by atoms with Crippen molar-refractivity contribution in [2.45, 2.75) is 32.6 Å². The van der Waals surface area contributed by atoms with E-state index in [1.807, 2.05) is 36.4 Å². The van der Waals surface area contributed by atoms with Gasteiger partial charge in [-0.3, -0.25) is 9.78 Å². The lowest BCUT2D eigenvalue weighted by atomic mass is 9.87. The quantitative estimate of drug-likeness (QED) is 0.891. The number of carbonyl (C=O) groups excluding carboxylic acids is 1. The van der Waals surface area contributed by atoms with E-state index in [0.29, 0.717) is 12.3 Å². The van der Waals surface area contributed by atoms with Gasteiger partial charge in [0.25, 0.3) is 5.91 Å². The molecule has 0 saturated heterocycles. The Labute approximate surface area is 137 Å². The molecule has 1 heterocycles. The molecular weight excluding hydrogens is 288 g/mol. The van der Waals surface area contributed by atoms with Gasteiger partial charge in [-0.25, -0.2) is 0 Å². The first-order chi connectivity index (χ1) is 10.9. The highest BCUT2D eigenvalue weighted by molar-refractivity contribution is 5.77. The molecule has 0 spiro atoms. The maximum atomic E-state index is 11.8. The number of benzene rings is 1. The van der Waals surface area contributed by atoms with Crippen molar-refractivity contribution in [1.82, 2.24) is 10.3 Å². The van der Waals surface area contributed by atoms with E-state index in [1.165, 1.54) is 5.56 Å². The number of hydrogen-bond acceptors (Lipinski definition) is 3. The number of carbonyl (C=O) groups is 1.